The molecule has 0 spiro atoms. The van der Waals surface area contributed by atoms with Crippen LogP contribution in [0, 0.1) is 22.0 Å². The Bertz CT molecular complexity index is 992. The van der Waals surface area contributed by atoms with Gasteiger partial charge in [0.1, 0.15) is 12.7 Å². The van der Waals surface area contributed by atoms with Gasteiger partial charge in [-0.1, -0.05) is 13.8 Å². The fraction of sp³-hybridized carbons (Fsp3) is 0.444. The maximum atomic E-state index is 12.9. The molecule has 156 valence electrons. The fourth-order valence-corrected chi connectivity index (χ4v) is 5.24. The van der Waals surface area contributed by atoms with Gasteiger partial charge in [0.15, 0.2) is 0 Å². The maximum Gasteiger partial charge on any atom is 0.381 e. The number of anilines is 1. The van der Waals surface area contributed by atoms with Crippen molar-refractivity contribution in [2.24, 2.45) is 11.8 Å². The number of amides is 1. The highest BCUT2D eigenvalue weighted by molar-refractivity contribution is 7.89. The quantitative estimate of drug-likeness (QED) is 0.562. The molecule has 1 aromatic carbocycles. The second-order valence-electron chi connectivity index (χ2n) is 7.50. The summed E-state index contributed by atoms with van der Waals surface area (Å²) < 4.78 is 28.6. The van der Waals surface area contributed by atoms with Crippen LogP contribution in [0.1, 0.15) is 20.3 Å². The van der Waals surface area contributed by atoms with Crippen LogP contribution in [0.4, 0.5) is 11.5 Å². The monoisotopic (exact) mass is 421 g/mol. The van der Waals surface area contributed by atoms with Crippen LogP contribution in [0.25, 0.3) is 0 Å². The lowest BCUT2D eigenvalue weighted by atomic mass is 9.94. The standard InChI is InChI=1S/C18H23N5O5S/c1-13-7-14(2)9-22(8-13)29(27,28)16-5-3-15(4-6-16)20-18(24)11-21-10-17(19-12-21)23(25)26/h3-6,10,12-14H,7-9,11H2,1-2H3,(H,20,24)/t13-,14+. The number of nitrogens with zero attached hydrogens (tertiary/aromatic N) is 4. The van der Waals surface area contributed by atoms with E-state index in [2.05, 4.69) is 10.3 Å². The molecule has 0 radical (unpaired) electrons. The number of imidazole rings is 1. The lowest BCUT2D eigenvalue weighted by Crippen LogP contribution is -2.42. The Morgan fingerprint density at radius 1 is 1.24 bits per heavy atom. The van der Waals surface area contributed by atoms with Gasteiger partial charge in [-0.25, -0.2) is 8.42 Å². The van der Waals surface area contributed by atoms with Crippen molar-refractivity contribution in [3.05, 3.63) is 46.9 Å². The molecule has 10 nitrogen and oxygen atoms in total. The Labute approximate surface area is 168 Å². The summed E-state index contributed by atoms with van der Waals surface area (Å²) >= 11 is 0. The fourth-order valence-electron chi connectivity index (χ4n) is 3.56. The van der Waals surface area contributed by atoms with Gasteiger partial charge in [0.2, 0.25) is 22.3 Å². The molecule has 3 rings (SSSR count). The molecule has 1 N–H and O–H groups in total. The van der Waals surface area contributed by atoms with E-state index in [1.807, 2.05) is 13.8 Å². The van der Waals surface area contributed by atoms with Crippen molar-refractivity contribution in [2.45, 2.75) is 31.7 Å². The average molecular weight is 421 g/mol. The highest BCUT2D eigenvalue weighted by atomic mass is 32.2. The summed E-state index contributed by atoms with van der Waals surface area (Å²) in [4.78, 5) is 25.9. The normalized spacial score (nSPS) is 20.3. The van der Waals surface area contributed by atoms with E-state index in [1.165, 1.54) is 39.5 Å². The number of aromatic nitrogens is 2. The number of nitrogens with one attached hydrogen (secondary N) is 1. The molecule has 1 aliphatic heterocycles. The second kappa shape index (κ2) is 8.29. The third kappa shape index (κ3) is 4.98. The van der Waals surface area contributed by atoms with Crippen LogP contribution in [0.5, 0.6) is 0 Å². The van der Waals surface area contributed by atoms with Gasteiger partial charge in [-0.15, -0.1) is 0 Å². The van der Waals surface area contributed by atoms with Crippen LogP contribution in [0.15, 0.2) is 41.7 Å². The zero-order chi connectivity index (χ0) is 21.2. The van der Waals surface area contributed by atoms with E-state index < -0.39 is 20.9 Å². The highest BCUT2D eigenvalue weighted by Crippen LogP contribution is 2.27. The molecule has 1 fully saturated rings. The molecule has 0 bridgehead atoms. The van der Waals surface area contributed by atoms with E-state index in [-0.39, 0.29) is 17.3 Å². The summed E-state index contributed by atoms with van der Waals surface area (Å²) in [5.74, 6) is -0.127. The number of piperidine rings is 1. The molecule has 0 unspecified atom stereocenters. The number of nitro groups is 1. The SMILES string of the molecule is C[C@@H]1C[C@H](C)CN(S(=O)(=O)c2ccc(NC(=O)Cn3cnc([N+](=O)[O-])c3)cc2)C1. The summed E-state index contributed by atoms with van der Waals surface area (Å²) in [6.07, 6.45) is 3.38. The van der Waals surface area contributed by atoms with Crippen LogP contribution in [0.3, 0.4) is 0 Å². The van der Waals surface area contributed by atoms with Crippen molar-refractivity contribution in [3.63, 3.8) is 0 Å². The summed E-state index contributed by atoms with van der Waals surface area (Å²) in [7, 11) is -3.58. The van der Waals surface area contributed by atoms with Gasteiger partial charge in [-0.3, -0.25) is 4.79 Å². The van der Waals surface area contributed by atoms with Crippen molar-refractivity contribution in [3.8, 4) is 0 Å². The van der Waals surface area contributed by atoms with Crippen LogP contribution in [0.2, 0.25) is 0 Å². The maximum absolute atomic E-state index is 12.9. The molecule has 29 heavy (non-hydrogen) atoms. The first-order valence-corrected chi connectivity index (χ1v) is 10.7. The molecule has 1 saturated heterocycles. The van der Waals surface area contributed by atoms with E-state index >= 15 is 0 Å². The Kier molecular flexibility index (Phi) is 5.99. The van der Waals surface area contributed by atoms with Crippen molar-refractivity contribution in [2.75, 3.05) is 18.4 Å². The van der Waals surface area contributed by atoms with Gasteiger partial charge in [0.05, 0.1) is 4.90 Å². The molecule has 11 heteroatoms. The molecule has 1 aliphatic rings. The van der Waals surface area contributed by atoms with E-state index in [9.17, 15) is 23.3 Å². The molecule has 1 aromatic heterocycles. The molecule has 2 aromatic rings. The molecule has 2 atom stereocenters. The van der Waals surface area contributed by atoms with Gasteiger partial charge >= 0.3 is 5.82 Å². The minimum atomic E-state index is -3.58. The zero-order valence-corrected chi connectivity index (χ0v) is 17.0. The molecule has 1 amide bonds. The molecular formula is C18H23N5O5S. The van der Waals surface area contributed by atoms with E-state index in [1.54, 1.807) is 0 Å². The predicted molar refractivity (Wildman–Crippen MR) is 106 cm³/mol. The van der Waals surface area contributed by atoms with Gasteiger partial charge in [0.25, 0.3) is 0 Å². The van der Waals surface area contributed by atoms with Gasteiger partial charge in [-0.2, -0.15) is 4.31 Å². The summed E-state index contributed by atoms with van der Waals surface area (Å²) in [6, 6.07) is 5.99. The van der Waals surface area contributed by atoms with Crippen LogP contribution in [-0.2, 0) is 21.4 Å². The smallest absolute Gasteiger partial charge is 0.358 e. The third-order valence-corrected chi connectivity index (χ3v) is 6.59. The third-order valence-electron chi connectivity index (χ3n) is 4.74. The first-order chi connectivity index (χ1) is 13.6. The number of hydrogen-bond donors (Lipinski definition) is 1. The molecule has 0 aliphatic carbocycles. The summed E-state index contributed by atoms with van der Waals surface area (Å²) in [5, 5.41) is 13.3. The minimum Gasteiger partial charge on any atom is -0.358 e. The number of carbonyl (C=O) groups excluding carboxylic acids is 1. The molecular weight excluding hydrogens is 398 g/mol. The Morgan fingerprint density at radius 3 is 2.41 bits per heavy atom. The largest absolute Gasteiger partial charge is 0.381 e. The lowest BCUT2D eigenvalue weighted by molar-refractivity contribution is -0.389. The predicted octanol–water partition coefficient (Wildman–Crippen LogP) is 2.10. The van der Waals surface area contributed by atoms with Crippen LogP contribution < -0.4 is 5.32 Å². The first-order valence-electron chi connectivity index (χ1n) is 9.21. The van der Waals surface area contributed by atoms with Crippen molar-refractivity contribution >= 4 is 27.4 Å². The Balaban J connectivity index is 1.64. The van der Waals surface area contributed by atoms with Gasteiger partial charge in [0, 0.05) is 18.8 Å². The van der Waals surface area contributed by atoms with E-state index in [4.69, 9.17) is 0 Å². The number of rotatable bonds is 6. The zero-order valence-electron chi connectivity index (χ0n) is 16.2. The minimum absolute atomic E-state index is 0.148. The topological polar surface area (TPSA) is 127 Å². The van der Waals surface area contributed by atoms with Crippen molar-refractivity contribution < 1.29 is 18.1 Å². The number of sulfonamides is 1. The molecule has 2 heterocycles. The highest BCUT2D eigenvalue weighted by Gasteiger charge is 2.31. The number of hydrogen-bond acceptors (Lipinski definition) is 6. The molecule has 0 saturated carbocycles. The van der Waals surface area contributed by atoms with Crippen LogP contribution >= 0.6 is 0 Å². The second-order valence-corrected chi connectivity index (χ2v) is 9.44. The average Bonchev–Trinajstić information content (AvgIpc) is 3.10. The number of benzene rings is 1. The Hall–Kier alpha value is -2.79. The van der Waals surface area contributed by atoms with E-state index in [0.717, 1.165) is 12.6 Å². The van der Waals surface area contributed by atoms with Crippen LogP contribution in [-0.4, -0.2) is 46.2 Å². The van der Waals surface area contributed by atoms with E-state index in [0.29, 0.717) is 30.6 Å². The summed E-state index contributed by atoms with van der Waals surface area (Å²) in [6.45, 7) is 4.95. The van der Waals surface area contributed by atoms with Crippen molar-refractivity contribution in [1.29, 1.82) is 0 Å². The van der Waals surface area contributed by atoms with Crippen molar-refractivity contribution in [1.82, 2.24) is 13.9 Å². The van der Waals surface area contributed by atoms with Gasteiger partial charge < -0.3 is 20.0 Å². The lowest BCUT2D eigenvalue weighted by Gasteiger charge is -2.34. The Morgan fingerprint density at radius 2 is 1.86 bits per heavy atom. The number of carbonyl (C=O) groups is 1. The van der Waals surface area contributed by atoms with Gasteiger partial charge in [-0.05, 0) is 52.4 Å². The first kappa shape index (κ1) is 20.9. The summed E-state index contributed by atoms with van der Waals surface area (Å²) in [5.41, 5.74) is 0.434.